The highest BCUT2D eigenvalue weighted by Crippen LogP contribution is 2.37. The smallest absolute Gasteiger partial charge is 0.298 e. The van der Waals surface area contributed by atoms with E-state index in [1.807, 2.05) is 6.92 Å². The minimum atomic E-state index is -0.404. The summed E-state index contributed by atoms with van der Waals surface area (Å²) >= 11 is 0.868. The van der Waals surface area contributed by atoms with Crippen molar-refractivity contribution in [2.75, 3.05) is 18.6 Å². The first-order valence-corrected chi connectivity index (χ1v) is 8.73. The Hall–Kier alpha value is -2.93. The van der Waals surface area contributed by atoms with Gasteiger partial charge in [-0.3, -0.25) is 9.59 Å². The molecule has 0 bridgehead atoms. The van der Waals surface area contributed by atoms with Crippen LogP contribution in [0.15, 0.2) is 47.4 Å². The number of nitrogens with zero attached hydrogens (tertiary/aromatic N) is 1. The number of phenols is 1. The van der Waals surface area contributed by atoms with Crippen molar-refractivity contribution in [3.05, 3.63) is 52.9 Å². The summed E-state index contributed by atoms with van der Waals surface area (Å²) in [6.45, 7) is 2.40. The lowest BCUT2D eigenvalue weighted by atomic mass is 10.2. The van der Waals surface area contributed by atoms with E-state index in [2.05, 4.69) is 0 Å². The van der Waals surface area contributed by atoms with Crippen LogP contribution >= 0.6 is 11.8 Å². The van der Waals surface area contributed by atoms with Crippen LogP contribution < -0.4 is 14.4 Å². The van der Waals surface area contributed by atoms with Crippen molar-refractivity contribution >= 4 is 34.7 Å². The average molecular weight is 371 g/mol. The molecule has 1 heterocycles. The van der Waals surface area contributed by atoms with Crippen molar-refractivity contribution in [2.45, 2.75) is 6.92 Å². The predicted octanol–water partition coefficient (Wildman–Crippen LogP) is 4.04. The Kier molecular flexibility index (Phi) is 5.18. The first-order chi connectivity index (χ1) is 12.5. The second-order valence-electron chi connectivity index (χ2n) is 5.38. The largest absolute Gasteiger partial charge is 0.508 e. The van der Waals surface area contributed by atoms with Gasteiger partial charge in [-0.15, -0.1) is 0 Å². The number of thioether (sulfide) groups is 1. The van der Waals surface area contributed by atoms with Crippen LogP contribution in [0.2, 0.25) is 0 Å². The van der Waals surface area contributed by atoms with Gasteiger partial charge in [0.15, 0.2) is 11.5 Å². The van der Waals surface area contributed by atoms with Crippen molar-refractivity contribution < 1.29 is 24.2 Å². The van der Waals surface area contributed by atoms with E-state index >= 15 is 0 Å². The summed E-state index contributed by atoms with van der Waals surface area (Å²) in [6.07, 6.45) is 1.64. The summed E-state index contributed by atoms with van der Waals surface area (Å²) < 4.78 is 10.8. The number of phenolic OH excluding ortho intramolecular Hbond substituents is 1. The van der Waals surface area contributed by atoms with Gasteiger partial charge in [0, 0.05) is 0 Å². The number of hydrogen-bond donors (Lipinski definition) is 1. The third-order valence-corrected chi connectivity index (χ3v) is 4.56. The molecule has 1 N–H and O–H groups in total. The molecule has 2 aromatic carbocycles. The molecule has 0 atom stereocenters. The summed E-state index contributed by atoms with van der Waals surface area (Å²) in [4.78, 5) is 26.3. The fourth-order valence-electron chi connectivity index (χ4n) is 2.49. The number of hydrogen-bond acceptors (Lipinski definition) is 6. The lowest BCUT2D eigenvalue weighted by Crippen LogP contribution is -2.27. The van der Waals surface area contributed by atoms with Gasteiger partial charge < -0.3 is 14.6 Å². The Bertz CT molecular complexity index is 876. The maximum Gasteiger partial charge on any atom is 0.298 e. The van der Waals surface area contributed by atoms with E-state index in [0.29, 0.717) is 28.7 Å². The Balaban J connectivity index is 1.89. The van der Waals surface area contributed by atoms with Gasteiger partial charge in [0.25, 0.3) is 11.1 Å². The molecular weight excluding hydrogens is 354 g/mol. The number of imide groups is 1. The molecule has 0 saturated carbocycles. The number of anilines is 1. The Morgan fingerprint density at radius 3 is 2.50 bits per heavy atom. The van der Waals surface area contributed by atoms with Gasteiger partial charge in [-0.05, 0) is 66.7 Å². The first kappa shape index (κ1) is 17.9. The van der Waals surface area contributed by atoms with Gasteiger partial charge in [-0.25, -0.2) is 4.90 Å². The second kappa shape index (κ2) is 7.53. The fraction of sp³-hybridized carbons (Fsp3) is 0.158. The highest BCUT2D eigenvalue weighted by Gasteiger charge is 2.36. The van der Waals surface area contributed by atoms with Gasteiger partial charge >= 0.3 is 0 Å². The molecule has 0 unspecified atom stereocenters. The Labute approximate surface area is 155 Å². The number of amides is 2. The van der Waals surface area contributed by atoms with Crippen LogP contribution in [-0.4, -0.2) is 30.0 Å². The van der Waals surface area contributed by atoms with Gasteiger partial charge in [-0.1, -0.05) is 6.07 Å². The number of aromatic hydroxyl groups is 1. The van der Waals surface area contributed by atoms with Gasteiger partial charge in [-0.2, -0.15) is 0 Å². The zero-order chi connectivity index (χ0) is 18.7. The summed E-state index contributed by atoms with van der Waals surface area (Å²) in [6, 6.07) is 11.2. The van der Waals surface area contributed by atoms with Crippen LogP contribution in [0.1, 0.15) is 12.5 Å². The Morgan fingerprint density at radius 1 is 1.12 bits per heavy atom. The van der Waals surface area contributed by atoms with Crippen molar-refractivity contribution in [3.8, 4) is 17.2 Å². The summed E-state index contributed by atoms with van der Waals surface area (Å²) in [5.41, 5.74) is 1.14. The normalized spacial score (nSPS) is 15.6. The maximum absolute atomic E-state index is 12.6. The quantitative estimate of drug-likeness (QED) is 0.800. The van der Waals surface area contributed by atoms with Crippen LogP contribution in [-0.2, 0) is 4.79 Å². The number of benzene rings is 2. The second-order valence-corrected chi connectivity index (χ2v) is 6.37. The maximum atomic E-state index is 12.6. The van der Waals surface area contributed by atoms with Gasteiger partial charge in [0.05, 0.1) is 24.3 Å². The van der Waals surface area contributed by atoms with E-state index in [4.69, 9.17) is 9.47 Å². The monoisotopic (exact) mass is 371 g/mol. The third kappa shape index (κ3) is 3.52. The van der Waals surface area contributed by atoms with E-state index in [-0.39, 0.29) is 11.0 Å². The first-order valence-electron chi connectivity index (χ1n) is 7.91. The number of carbonyl (C=O) groups excluding carboxylic acids is 2. The van der Waals surface area contributed by atoms with E-state index in [0.717, 1.165) is 22.2 Å². The van der Waals surface area contributed by atoms with Crippen LogP contribution in [0.4, 0.5) is 10.5 Å². The molecule has 0 radical (unpaired) electrons. The van der Waals surface area contributed by atoms with Gasteiger partial charge in [0.2, 0.25) is 0 Å². The van der Waals surface area contributed by atoms with E-state index in [1.54, 1.807) is 31.4 Å². The predicted molar refractivity (Wildman–Crippen MR) is 101 cm³/mol. The molecule has 0 aromatic heterocycles. The molecule has 26 heavy (non-hydrogen) atoms. The average Bonchev–Trinajstić information content (AvgIpc) is 2.91. The van der Waals surface area contributed by atoms with Crippen LogP contribution in [0.25, 0.3) is 6.08 Å². The summed E-state index contributed by atoms with van der Waals surface area (Å²) in [5.74, 6) is 0.832. The lowest BCUT2D eigenvalue weighted by molar-refractivity contribution is -0.113. The molecule has 7 heteroatoms. The number of carbonyl (C=O) groups is 2. The summed E-state index contributed by atoms with van der Waals surface area (Å²) in [5, 5.41) is 8.98. The number of rotatable bonds is 5. The Morgan fingerprint density at radius 2 is 1.85 bits per heavy atom. The highest BCUT2D eigenvalue weighted by molar-refractivity contribution is 8.19. The van der Waals surface area contributed by atoms with E-state index in [1.165, 1.54) is 24.3 Å². The fourth-order valence-corrected chi connectivity index (χ4v) is 3.33. The van der Waals surface area contributed by atoms with Crippen LogP contribution in [0.5, 0.6) is 17.2 Å². The molecule has 2 aromatic rings. The number of ether oxygens (including phenoxy) is 2. The SMILES string of the molecule is CCOc1ccc(/C=C2/SC(=O)N(c3ccc(O)cc3)C2=O)cc1OC. The topological polar surface area (TPSA) is 76.1 Å². The third-order valence-electron chi connectivity index (χ3n) is 3.69. The standard InChI is InChI=1S/C19H17NO5S/c1-3-25-15-9-4-12(10-16(15)24-2)11-17-18(22)20(19(23)26-17)13-5-7-14(21)8-6-13/h4-11,21H,3H2,1-2H3/b17-11+. The highest BCUT2D eigenvalue weighted by atomic mass is 32.2. The minimum absolute atomic E-state index is 0.0674. The zero-order valence-corrected chi connectivity index (χ0v) is 15.1. The molecule has 6 nitrogen and oxygen atoms in total. The minimum Gasteiger partial charge on any atom is -0.508 e. The van der Waals surface area contributed by atoms with E-state index < -0.39 is 5.91 Å². The molecule has 0 spiro atoms. The summed E-state index contributed by atoms with van der Waals surface area (Å²) in [7, 11) is 1.54. The van der Waals surface area contributed by atoms with Gasteiger partial charge in [0.1, 0.15) is 5.75 Å². The molecule has 2 amide bonds. The molecular formula is C19H17NO5S. The molecule has 134 valence electrons. The molecule has 0 aliphatic carbocycles. The number of methoxy groups -OCH3 is 1. The zero-order valence-electron chi connectivity index (χ0n) is 14.3. The van der Waals surface area contributed by atoms with Crippen LogP contribution in [0, 0.1) is 0 Å². The van der Waals surface area contributed by atoms with E-state index in [9.17, 15) is 14.7 Å². The molecule has 1 aliphatic heterocycles. The van der Waals surface area contributed by atoms with Crippen molar-refractivity contribution in [3.63, 3.8) is 0 Å². The van der Waals surface area contributed by atoms with Crippen LogP contribution in [0.3, 0.4) is 0 Å². The molecule has 1 aliphatic rings. The van der Waals surface area contributed by atoms with Crippen molar-refractivity contribution in [1.82, 2.24) is 0 Å². The van der Waals surface area contributed by atoms with Crippen molar-refractivity contribution in [2.24, 2.45) is 0 Å². The molecule has 3 rings (SSSR count). The molecule has 1 fully saturated rings. The molecule has 1 saturated heterocycles. The lowest BCUT2D eigenvalue weighted by Gasteiger charge is -2.12. The van der Waals surface area contributed by atoms with Crippen molar-refractivity contribution in [1.29, 1.82) is 0 Å².